The van der Waals surface area contributed by atoms with E-state index in [0.29, 0.717) is 5.92 Å². The molecule has 22 heavy (non-hydrogen) atoms. The van der Waals surface area contributed by atoms with E-state index in [2.05, 4.69) is 39.8 Å². The number of aryl methyl sites for hydroxylation is 2. The Bertz CT molecular complexity index is 432. The number of thiazole rings is 1. The monoisotopic (exact) mass is 326 g/mol. The fourth-order valence-corrected chi connectivity index (χ4v) is 2.70. The molecule has 0 aliphatic carbocycles. The van der Waals surface area contributed by atoms with E-state index in [4.69, 9.17) is 4.74 Å². The van der Waals surface area contributed by atoms with Crippen LogP contribution in [-0.4, -0.2) is 44.3 Å². The number of ether oxygens (including phenoxy) is 1. The van der Waals surface area contributed by atoms with Crippen molar-refractivity contribution in [2.24, 2.45) is 10.9 Å². The summed E-state index contributed by atoms with van der Waals surface area (Å²) in [5.41, 5.74) is 1.12. The van der Waals surface area contributed by atoms with Crippen molar-refractivity contribution in [1.82, 2.24) is 15.6 Å². The molecule has 2 N–H and O–H groups in total. The molecule has 0 amide bonds. The quantitative estimate of drug-likeness (QED) is 0.394. The van der Waals surface area contributed by atoms with Gasteiger partial charge in [-0.1, -0.05) is 13.8 Å². The van der Waals surface area contributed by atoms with E-state index in [1.54, 1.807) is 18.4 Å². The molecule has 0 aromatic carbocycles. The number of aromatic nitrogens is 1. The fraction of sp³-hybridized carbons (Fsp3) is 0.750. The molecule has 0 unspecified atom stereocenters. The van der Waals surface area contributed by atoms with Crippen LogP contribution in [0.5, 0.6) is 0 Å². The molecule has 1 aromatic rings. The lowest BCUT2D eigenvalue weighted by molar-refractivity contribution is 0.108. The molecule has 0 saturated carbocycles. The molecule has 0 spiro atoms. The van der Waals surface area contributed by atoms with E-state index in [-0.39, 0.29) is 0 Å². The Morgan fingerprint density at radius 3 is 2.64 bits per heavy atom. The van der Waals surface area contributed by atoms with E-state index in [1.165, 1.54) is 5.01 Å². The first kappa shape index (κ1) is 18.9. The standard InChI is InChI=1S/C16H30N4OS/c1-13(2)11-21-10-6-9-19-16(17-4)18-8-5-7-15-20-14(3)12-22-15/h12-13H,5-11H2,1-4H3,(H2,17,18,19). The van der Waals surface area contributed by atoms with Crippen molar-refractivity contribution in [1.29, 1.82) is 0 Å². The predicted octanol–water partition coefficient (Wildman–Crippen LogP) is 2.61. The normalized spacial score (nSPS) is 12.0. The smallest absolute Gasteiger partial charge is 0.190 e. The van der Waals surface area contributed by atoms with Gasteiger partial charge in [0.05, 0.1) is 5.01 Å². The summed E-state index contributed by atoms with van der Waals surface area (Å²) < 4.78 is 5.55. The lowest BCUT2D eigenvalue weighted by atomic mass is 10.2. The van der Waals surface area contributed by atoms with Crippen molar-refractivity contribution >= 4 is 17.3 Å². The summed E-state index contributed by atoms with van der Waals surface area (Å²) in [6, 6.07) is 0. The van der Waals surface area contributed by atoms with Crippen molar-refractivity contribution in [2.75, 3.05) is 33.4 Å². The number of guanidine groups is 1. The van der Waals surface area contributed by atoms with Gasteiger partial charge in [0.1, 0.15) is 0 Å². The van der Waals surface area contributed by atoms with Gasteiger partial charge in [-0.3, -0.25) is 4.99 Å². The molecule has 0 aliphatic heterocycles. The number of nitrogens with one attached hydrogen (secondary N) is 2. The predicted molar refractivity (Wildman–Crippen MR) is 94.8 cm³/mol. The molecule has 0 radical (unpaired) electrons. The van der Waals surface area contributed by atoms with Gasteiger partial charge in [-0.2, -0.15) is 0 Å². The lowest BCUT2D eigenvalue weighted by Crippen LogP contribution is -2.38. The lowest BCUT2D eigenvalue weighted by Gasteiger charge is -2.12. The minimum absolute atomic E-state index is 0.601. The van der Waals surface area contributed by atoms with Gasteiger partial charge in [-0.25, -0.2) is 4.98 Å². The van der Waals surface area contributed by atoms with E-state index >= 15 is 0 Å². The highest BCUT2D eigenvalue weighted by Gasteiger charge is 2.00. The first-order valence-corrected chi connectivity index (χ1v) is 8.93. The van der Waals surface area contributed by atoms with Crippen molar-refractivity contribution in [3.63, 3.8) is 0 Å². The second-order valence-corrected chi connectivity index (χ2v) is 6.68. The first-order valence-electron chi connectivity index (χ1n) is 8.05. The van der Waals surface area contributed by atoms with E-state index in [9.17, 15) is 0 Å². The summed E-state index contributed by atoms with van der Waals surface area (Å²) in [4.78, 5) is 8.69. The Balaban J connectivity index is 2.02. The van der Waals surface area contributed by atoms with Crippen LogP contribution in [0.15, 0.2) is 10.4 Å². The van der Waals surface area contributed by atoms with Crippen LogP contribution in [0, 0.1) is 12.8 Å². The zero-order valence-electron chi connectivity index (χ0n) is 14.3. The Labute approximate surface area is 138 Å². The zero-order chi connectivity index (χ0) is 16.2. The topological polar surface area (TPSA) is 58.5 Å². The minimum atomic E-state index is 0.601. The Hall–Kier alpha value is -1.14. The molecule has 126 valence electrons. The van der Waals surface area contributed by atoms with Crippen LogP contribution >= 0.6 is 11.3 Å². The summed E-state index contributed by atoms with van der Waals surface area (Å²) in [5, 5.41) is 9.95. The van der Waals surface area contributed by atoms with Crippen molar-refractivity contribution in [2.45, 2.75) is 40.0 Å². The minimum Gasteiger partial charge on any atom is -0.381 e. The molecule has 0 aliphatic rings. The number of rotatable bonds is 10. The summed E-state index contributed by atoms with van der Waals surface area (Å²) in [5.74, 6) is 1.46. The fourth-order valence-electron chi connectivity index (χ4n) is 1.88. The molecule has 0 fully saturated rings. The van der Waals surface area contributed by atoms with Crippen LogP contribution in [0.25, 0.3) is 0 Å². The van der Waals surface area contributed by atoms with E-state index in [1.807, 2.05) is 6.92 Å². The van der Waals surface area contributed by atoms with Gasteiger partial charge in [0.25, 0.3) is 0 Å². The third kappa shape index (κ3) is 9.00. The third-order valence-electron chi connectivity index (χ3n) is 2.96. The maximum absolute atomic E-state index is 5.55. The van der Waals surface area contributed by atoms with Crippen LogP contribution in [-0.2, 0) is 11.2 Å². The number of hydrogen-bond acceptors (Lipinski definition) is 4. The zero-order valence-corrected chi connectivity index (χ0v) is 15.1. The van der Waals surface area contributed by atoms with Crippen molar-refractivity contribution < 1.29 is 4.74 Å². The highest BCUT2D eigenvalue weighted by molar-refractivity contribution is 7.09. The number of aliphatic imine (C=N–C) groups is 1. The first-order chi connectivity index (χ1) is 10.6. The van der Waals surface area contributed by atoms with Crippen molar-refractivity contribution in [3.8, 4) is 0 Å². The molecule has 0 atom stereocenters. The van der Waals surface area contributed by atoms with Gasteiger partial charge < -0.3 is 15.4 Å². The summed E-state index contributed by atoms with van der Waals surface area (Å²) in [6.45, 7) is 9.78. The Morgan fingerprint density at radius 1 is 1.32 bits per heavy atom. The molecule has 1 rings (SSSR count). The summed E-state index contributed by atoms with van der Waals surface area (Å²) in [6.07, 6.45) is 3.07. The average molecular weight is 327 g/mol. The molecule has 0 bridgehead atoms. The van der Waals surface area contributed by atoms with Crippen molar-refractivity contribution in [3.05, 3.63) is 16.1 Å². The second-order valence-electron chi connectivity index (χ2n) is 5.73. The molecule has 1 aromatic heterocycles. The maximum atomic E-state index is 5.55. The number of hydrogen-bond donors (Lipinski definition) is 2. The van der Waals surface area contributed by atoms with Gasteiger partial charge in [0.15, 0.2) is 5.96 Å². The summed E-state index contributed by atoms with van der Waals surface area (Å²) >= 11 is 1.74. The maximum Gasteiger partial charge on any atom is 0.190 e. The second kappa shape index (κ2) is 11.4. The molecule has 1 heterocycles. The van der Waals surface area contributed by atoms with Crippen LogP contribution in [0.1, 0.15) is 37.4 Å². The largest absolute Gasteiger partial charge is 0.381 e. The highest BCUT2D eigenvalue weighted by atomic mass is 32.1. The van der Waals surface area contributed by atoms with Crippen LogP contribution in [0.2, 0.25) is 0 Å². The molecular formula is C16H30N4OS. The molecule has 6 heteroatoms. The van der Waals surface area contributed by atoms with Crippen LogP contribution in [0.3, 0.4) is 0 Å². The molecule has 5 nitrogen and oxygen atoms in total. The highest BCUT2D eigenvalue weighted by Crippen LogP contribution is 2.10. The Morgan fingerprint density at radius 2 is 2.05 bits per heavy atom. The average Bonchev–Trinajstić information content (AvgIpc) is 2.90. The van der Waals surface area contributed by atoms with Gasteiger partial charge >= 0.3 is 0 Å². The third-order valence-corrected chi connectivity index (χ3v) is 3.99. The Kier molecular flexibility index (Phi) is 9.82. The van der Waals surface area contributed by atoms with Gasteiger partial charge in [-0.15, -0.1) is 11.3 Å². The summed E-state index contributed by atoms with van der Waals surface area (Å²) in [7, 11) is 1.80. The van der Waals surface area contributed by atoms with Gasteiger partial charge in [-0.05, 0) is 25.7 Å². The number of nitrogens with zero attached hydrogens (tertiary/aromatic N) is 2. The molecule has 0 saturated heterocycles. The SMILES string of the molecule is CN=C(NCCCOCC(C)C)NCCCc1nc(C)cs1. The van der Waals surface area contributed by atoms with E-state index < -0.39 is 0 Å². The molecular weight excluding hydrogens is 296 g/mol. The van der Waals surface area contributed by atoms with Crippen LogP contribution in [0.4, 0.5) is 0 Å². The van der Waals surface area contributed by atoms with Crippen LogP contribution < -0.4 is 10.6 Å². The van der Waals surface area contributed by atoms with Gasteiger partial charge in [0.2, 0.25) is 0 Å². The van der Waals surface area contributed by atoms with Gasteiger partial charge in [0, 0.05) is 50.8 Å². The van der Waals surface area contributed by atoms with E-state index in [0.717, 1.165) is 57.2 Å².